The molecular formula is C26H29N3O4S. The lowest BCUT2D eigenvalue weighted by Crippen LogP contribution is -2.49. The van der Waals surface area contributed by atoms with E-state index in [0.717, 1.165) is 53.5 Å². The third-order valence-corrected chi connectivity index (χ3v) is 6.35. The number of carbonyl (C=O) groups excluding carboxylic acids is 3. The number of thioether (sulfide) groups is 1. The fraction of sp³-hybridized carbons (Fsp3) is 0.346. The molecule has 2 aliphatic heterocycles. The summed E-state index contributed by atoms with van der Waals surface area (Å²) in [4.78, 5) is 38.9. The largest absolute Gasteiger partial charge is 0.444 e. The highest BCUT2D eigenvalue weighted by Crippen LogP contribution is 2.38. The van der Waals surface area contributed by atoms with Gasteiger partial charge in [-0.15, -0.1) is 0 Å². The Balaban J connectivity index is 1.69. The van der Waals surface area contributed by atoms with Crippen LogP contribution in [0.25, 0.3) is 17.2 Å². The van der Waals surface area contributed by atoms with E-state index in [0.29, 0.717) is 11.4 Å². The van der Waals surface area contributed by atoms with Crippen LogP contribution < -0.4 is 15.5 Å². The highest BCUT2D eigenvalue weighted by molar-refractivity contribution is 8.18. The Morgan fingerprint density at radius 3 is 2.59 bits per heavy atom. The molecule has 2 fully saturated rings. The van der Waals surface area contributed by atoms with Crippen molar-refractivity contribution in [2.45, 2.75) is 45.3 Å². The van der Waals surface area contributed by atoms with Crippen molar-refractivity contribution in [1.29, 1.82) is 0 Å². The van der Waals surface area contributed by atoms with E-state index in [2.05, 4.69) is 33.7 Å². The predicted octanol–water partition coefficient (Wildman–Crippen LogP) is 5.17. The van der Waals surface area contributed by atoms with Crippen LogP contribution in [-0.4, -0.2) is 42.0 Å². The molecule has 0 unspecified atom stereocenters. The number of amides is 3. The fourth-order valence-corrected chi connectivity index (χ4v) is 4.89. The summed E-state index contributed by atoms with van der Waals surface area (Å²) in [5, 5.41) is 4.97. The molecule has 2 aliphatic rings. The average Bonchev–Trinajstić information content (AvgIpc) is 3.09. The van der Waals surface area contributed by atoms with Crippen molar-refractivity contribution in [3.8, 4) is 11.1 Å². The third kappa shape index (κ3) is 5.80. The maximum atomic E-state index is 12.4. The summed E-state index contributed by atoms with van der Waals surface area (Å²) in [6.07, 6.45) is 3.10. The highest BCUT2D eigenvalue weighted by atomic mass is 32.2. The van der Waals surface area contributed by atoms with Crippen molar-refractivity contribution < 1.29 is 19.1 Å². The zero-order valence-electron chi connectivity index (χ0n) is 19.6. The van der Waals surface area contributed by atoms with Gasteiger partial charge in [-0.1, -0.05) is 48.5 Å². The molecule has 1 atom stereocenters. The van der Waals surface area contributed by atoms with Gasteiger partial charge in [0.1, 0.15) is 5.60 Å². The Morgan fingerprint density at radius 1 is 1.15 bits per heavy atom. The summed E-state index contributed by atoms with van der Waals surface area (Å²) in [6.45, 7) is 6.95. The van der Waals surface area contributed by atoms with Gasteiger partial charge in [0.2, 0.25) is 0 Å². The number of benzene rings is 2. The van der Waals surface area contributed by atoms with Crippen molar-refractivity contribution in [2.24, 2.45) is 0 Å². The van der Waals surface area contributed by atoms with Crippen LogP contribution in [0, 0.1) is 0 Å². The first-order valence-electron chi connectivity index (χ1n) is 11.4. The van der Waals surface area contributed by atoms with Crippen LogP contribution >= 0.6 is 11.8 Å². The molecule has 0 aliphatic carbocycles. The molecule has 0 saturated carbocycles. The van der Waals surface area contributed by atoms with Crippen LogP contribution in [-0.2, 0) is 9.53 Å². The molecular weight excluding hydrogens is 450 g/mol. The molecule has 0 aromatic heterocycles. The number of alkyl carbamates (subject to hydrolysis) is 1. The van der Waals surface area contributed by atoms with E-state index in [1.54, 1.807) is 6.08 Å². The molecule has 2 heterocycles. The number of piperidine rings is 1. The maximum absolute atomic E-state index is 12.4. The topological polar surface area (TPSA) is 87.7 Å². The number of hydrogen-bond donors (Lipinski definition) is 2. The monoisotopic (exact) mass is 479 g/mol. The van der Waals surface area contributed by atoms with Crippen molar-refractivity contribution in [1.82, 2.24) is 10.6 Å². The Hall–Kier alpha value is -3.26. The Morgan fingerprint density at radius 2 is 1.91 bits per heavy atom. The van der Waals surface area contributed by atoms with E-state index in [9.17, 15) is 14.4 Å². The molecule has 2 aromatic rings. The molecule has 0 radical (unpaired) electrons. The predicted molar refractivity (Wildman–Crippen MR) is 136 cm³/mol. The fourth-order valence-electron chi connectivity index (χ4n) is 4.22. The first-order chi connectivity index (χ1) is 16.2. The van der Waals surface area contributed by atoms with E-state index < -0.39 is 11.7 Å². The van der Waals surface area contributed by atoms with Crippen molar-refractivity contribution in [3.63, 3.8) is 0 Å². The van der Waals surface area contributed by atoms with Crippen molar-refractivity contribution in [2.75, 3.05) is 18.0 Å². The molecule has 2 saturated heterocycles. The van der Waals surface area contributed by atoms with Gasteiger partial charge in [-0.2, -0.15) is 0 Å². The average molecular weight is 480 g/mol. The summed E-state index contributed by atoms with van der Waals surface area (Å²) in [6, 6.07) is 16.0. The van der Waals surface area contributed by atoms with Crippen molar-refractivity contribution >= 4 is 40.8 Å². The standard InChI is InChI=1S/C26H29N3O4S/c1-26(2,3)33-24(31)27-19-12-8-14-29(16-19)22-18(15-21-23(30)28-25(32)34-21)11-7-13-20(22)17-9-5-4-6-10-17/h4-7,9-11,13,15,19H,8,12,14,16H2,1-3H3,(H,27,31)(H,28,30,32)/t19-/m1/s1. The van der Waals surface area contributed by atoms with E-state index >= 15 is 0 Å². The third-order valence-electron chi connectivity index (χ3n) is 5.54. The molecule has 178 valence electrons. The van der Waals surface area contributed by atoms with Crippen LogP contribution in [0.4, 0.5) is 15.3 Å². The van der Waals surface area contributed by atoms with Crippen LogP contribution in [0.15, 0.2) is 53.4 Å². The van der Waals surface area contributed by atoms with E-state index in [4.69, 9.17) is 4.74 Å². The molecule has 34 heavy (non-hydrogen) atoms. The summed E-state index contributed by atoms with van der Waals surface area (Å²) in [5.41, 5.74) is 3.35. The zero-order valence-corrected chi connectivity index (χ0v) is 20.4. The minimum atomic E-state index is -0.561. The first kappa shape index (κ1) is 23.9. The molecule has 2 N–H and O–H groups in total. The number of nitrogens with zero attached hydrogens (tertiary/aromatic N) is 1. The van der Waals surface area contributed by atoms with Crippen LogP contribution in [0.3, 0.4) is 0 Å². The normalized spacial score (nSPS) is 19.8. The lowest BCUT2D eigenvalue weighted by Gasteiger charge is -2.37. The Bertz CT molecular complexity index is 1120. The van der Waals surface area contributed by atoms with Gasteiger partial charge in [-0.3, -0.25) is 14.9 Å². The van der Waals surface area contributed by atoms with Crippen LogP contribution in [0.1, 0.15) is 39.2 Å². The van der Waals surface area contributed by atoms with Gasteiger partial charge in [0.25, 0.3) is 11.1 Å². The van der Waals surface area contributed by atoms with Gasteiger partial charge in [0.15, 0.2) is 0 Å². The Labute approximate surface area is 203 Å². The van der Waals surface area contributed by atoms with E-state index in [1.807, 2.05) is 51.1 Å². The minimum absolute atomic E-state index is 0.0707. The van der Waals surface area contributed by atoms with E-state index in [1.165, 1.54) is 0 Å². The molecule has 2 aromatic carbocycles. The summed E-state index contributed by atoms with van der Waals surface area (Å²) >= 11 is 0.909. The van der Waals surface area contributed by atoms with Gasteiger partial charge in [0, 0.05) is 24.7 Å². The van der Waals surface area contributed by atoms with Crippen molar-refractivity contribution in [3.05, 3.63) is 59.0 Å². The molecule has 7 nitrogen and oxygen atoms in total. The quantitative estimate of drug-likeness (QED) is 0.588. The summed E-state index contributed by atoms with van der Waals surface area (Å²) in [7, 11) is 0. The van der Waals surface area contributed by atoms with Gasteiger partial charge in [-0.05, 0) is 62.6 Å². The lowest BCUT2D eigenvalue weighted by molar-refractivity contribution is -0.115. The minimum Gasteiger partial charge on any atom is -0.444 e. The molecule has 0 bridgehead atoms. The number of carbonyl (C=O) groups is 3. The maximum Gasteiger partial charge on any atom is 0.407 e. The van der Waals surface area contributed by atoms with Crippen LogP contribution in [0.2, 0.25) is 0 Å². The number of nitrogens with one attached hydrogen (secondary N) is 2. The molecule has 8 heteroatoms. The summed E-state index contributed by atoms with van der Waals surface area (Å²) in [5.74, 6) is -0.380. The number of imide groups is 1. The Kier molecular flexibility index (Phi) is 6.97. The number of rotatable bonds is 4. The molecule has 0 spiro atoms. The molecule has 4 rings (SSSR count). The lowest BCUT2D eigenvalue weighted by atomic mass is 9.96. The molecule has 3 amide bonds. The van der Waals surface area contributed by atoms with E-state index in [-0.39, 0.29) is 17.2 Å². The first-order valence-corrected chi connectivity index (χ1v) is 12.2. The van der Waals surface area contributed by atoms with Crippen LogP contribution in [0.5, 0.6) is 0 Å². The van der Waals surface area contributed by atoms with Gasteiger partial charge < -0.3 is 15.0 Å². The number of hydrogen-bond acceptors (Lipinski definition) is 6. The highest BCUT2D eigenvalue weighted by Gasteiger charge is 2.29. The SMILES string of the molecule is CC(C)(C)OC(=O)N[C@@H]1CCCN(c2c(C=C3SC(=O)NC3=O)cccc2-c2ccccc2)C1. The second kappa shape index (κ2) is 9.93. The summed E-state index contributed by atoms with van der Waals surface area (Å²) < 4.78 is 5.45. The smallest absolute Gasteiger partial charge is 0.407 e. The van der Waals surface area contributed by atoms with Gasteiger partial charge in [-0.25, -0.2) is 4.79 Å². The second-order valence-corrected chi connectivity index (χ2v) is 10.4. The number of anilines is 1. The second-order valence-electron chi connectivity index (χ2n) is 9.39. The van der Waals surface area contributed by atoms with Gasteiger partial charge >= 0.3 is 6.09 Å². The zero-order chi connectivity index (χ0) is 24.3. The number of ether oxygens (including phenoxy) is 1. The number of para-hydroxylation sites is 1. The van der Waals surface area contributed by atoms with Gasteiger partial charge in [0.05, 0.1) is 10.6 Å².